The van der Waals surface area contributed by atoms with Crippen LogP contribution in [0.1, 0.15) is 0 Å². The molecule has 0 spiro atoms. The molecule has 1 aliphatic rings. The molecule has 0 bridgehead atoms. The van der Waals surface area contributed by atoms with Gasteiger partial charge in [-0.1, -0.05) is 0 Å². The molecule has 6 heavy (non-hydrogen) atoms. The minimum absolute atomic E-state index is 0. The summed E-state index contributed by atoms with van der Waals surface area (Å²) in [5, 5.41) is 0. The van der Waals surface area contributed by atoms with Gasteiger partial charge in [0.2, 0.25) is 0 Å². The molecule has 1 saturated heterocycles. The van der Waals surface area contributed by atoms with E-state index in [0.717, 1.165) is 0 Å². The maximum atomic E-state index is 2.24. The van der Waals surface area contributed by atoms with Crippen molar-refractivity contribution in [2.75, 3.05) is 27.2 Å². The van der Waals surface area contributed by atoms with Gasteiger partial charge in [-0.2, -0.15) is 0 Å². The Morgan fingerprint density at radius 1 is 1.17 bits per heavy atom. The van der Waals surface area contributed by atoms with E-state index < -0.39 is 0 Å². The zero-order chi connectivity index (χ0) is 3.91. The Morgan fingerprint density at radius 2 is 1.33 bits per heavy atom. The Bertz CT molecular complexity index is 45.5. The van der Waals surface area contributed by atoms with Crippen LogP contribution in [-0.2, 0) is 0 Å². The highest BCUT2D eigenvalue weighted by atomic mass is 35.5. The normalized spacial score (nSPS) is 25.0. The molecule has 1 rings (SSSR count). The maximum Gasteiger partial charge on any atom is 0.128 e. The molecule has 0 atom stereocenters. The van der Waals surface area contributed by atoms with Gasteiger partial charge in [0.15, 0.2) is 0 Å². The molecule has 0 radical (unpaired) electrons. The van der Waals surface area contributed by atoms with Crippen molar-refractivity contribution in [2.45, 2.75) is 0 Å². The molecule has 1 nitrogen and oxygen atoms in total. The summed E-state index contributed by atoms with van der Waals surface area (Å²) in [5.41, 5.74) is 0. The smallest absolute Gasteiger partial charge is 0.128 e. The number of quaternary nitrogens is 1. The first-order valence-corrected chi connectivity index (χ1v) is 2.03. The van der Waals surface area contributed by atoms with Crippen LogP contribution in [-0.4, -0.2) is 31.7 Å². The van der Waals surface area contributed by atoms with Crippen LogP contribution in [0.15, 0.2) is 0 Å². The largest absolute Gasteiger partial charge is 0.319 e. The predicted octanol–water partition coefficient (Wildman–Crippen LogP) is 0.498. The Morgan fingerprint density at radius 3 is 1.33 bits per heavy atom. The van der Waals surface area contributed by atoms with Crippen molar-refractivity contribution in [3.63, 3.8) is 0 Å². The minimum Gasteiger partial charge on any atom is -0.319 e. The highest BCUT2D eigenvalue weighted by Crippen LogP contribution is 2.09. The molecule has 0 aromatic carbocycles. The fourth-order valence-corrected chi connectivity index (χ4v) is 0.200. The molecule has 0 unspecified atom stereocenters. The molecule has 0 aliphatic carbocycles. The average molecular weight is 109 g/mol. The third kappa shape index (κ3) is 1.63. The lowest BCUT2D eigenvalue weighted by atomic mass is 11.0. The molecular weight excluding hydrogens is 97.5 g/mol. The van der Waals surface area contributed by atoms with Crippen molar-refractivity contribution in [3.05, 3.63) is 0 Å². The highest BCUT2D eigenvalue weighted by molar-refractivity contribution is 5.85. The van der Waals surface area contributed by atoms with Crippen LogP contribution in [0.5, 0.6) is 0 Å². The average Bonchev–Trinajstić information content (AvgIpc) is 1.76. The Hall–Kier alpha value is 0.250. The minimum atomic E-state index is 0. The van der Waals surface area contributed by atoms with Crippen LogP contribution in [0.2, 0.25) is 0 Å². The van der Waals surface area contributed by atoms with E-state index in [9.17, 15) is 0 Å². The van der Waals surface area contributed by atoms with Crippen LogP contribution in [0, 0.1) is 0 Å². The Balaban J connectivity index is 0.000000250. The summed E-state index contributed by atoms with van der Waals surface area (Å²) >= 11 is 0. The number of nitrogens with zero attached hydrogens (tertiary/aromatic N) is 1. The lowest BCUT2D eigenvalue weighted by Gasteiger charge is -1.95. The van der Waals surface area contributed by atoms with Gasteiger partial charge in [-0.3, -0.25) is 0 Å². The third-order valence-corrected chi connectivity index (χ3v) is 1.12. The number of halogens is 1. The zero-order valence-corrected chi connectivity index (χ0v) is 5.09. The molecule has 1 aliphatic heterocycles. The SMILES string of the molecule is C[N+]1(C)CC1.Cl. The van der Waals surface area contributed by atoms with E-state index >= 15 is 0 Å². The molecule has 0 N–H and O–H groups in total. The first-order valence-electron chi connectivity index (χ1n) is 2.03. The van der Waals surface area contributed by atoms with Gasteiger partial charge in [-0.15, -0.1) is 12.4 Å². The number of hydrogen-bond donors (Lipinski definition) is 0. The summed E-state index contributed by atoms with van der Waals surface area (Å²) in [4.78, 5) is 0. The summed E-state index contributed by atoms with van der Waals surface area (Å²) in [5.74, 6) is 0. The molecule has 1 heterocycles. The van der Waals surface area contributed by atoms with Crippen LogP contribution < -0.4 is 0 Å². The van der Waals surface area contributed by atoms with Crippen LogP contribution in [0.4, 0.5) is 0 Å². The molecule has 38 valence electrons. The fraction of sp³-hybridized carbons (Fsp3) is 1.00. The van der Waals surface area contributed by atoms with E-state index in [-0.39, 0.29) is 12.4 Å². The van der Waals surface area contributed by atoms with Gasteiger partial charge in [0, 0.05) is 0 Å². The lowest BCUT2D eigenvalue weighted by Crippen LogP contribution is -2.09. The first-order chi connectivity index (χ1) is 2.21. The highest BCUT2D eigenvalue weighted by Gasteiger charge is 2.30. The van der Waals surface area contributed by atoms with Crippen molar-refractivity contribution in [3.8, 4) is 0 Å². The van der Waals surface area contributed by atoms with Gasteiger partial charge >= 0.3 is 0 Å². The second-order valence-electron chi connectivity index (χ2n) is 2.38. The van der Waals surface area contributed by atoms with E-state index in [2.05, 4.69) is 14.1 Å². The fourth-order valence-electron chi connectivity index (χ4n) is 0.200. The van der Waals surface area contributed by atoms with Crippen molar-refractivity contribution < 1.29 is 4.48 Å². The standard InChI is InChI=1S/C4H10N.ClH/c1-5(2)3-4-5;/h3-4H2,1-2H3;1H/q+1;. The summed E-state index contributed by atoms with van der Waals surface area (Å²) < 4.78 is 1.25. The summed E-state index contributed by atoms with van der Waals surface area (Å²) in [6, 6.07) is 0. The zero-order valence-electron chi connectivity index (χ0n) is 4.27. The summed E-state index contributed by atoms with van der Waals surface area (Å²) in [7, 11) is 4.47. The van der Waals surface area contributed by atoms with Crippen LogP contribution in [0.25, 0.3) is 0 Å². The van der Waals surface area contributed by atoms with E-state index in [0.29, 0.717) is 0 Å². The van der Waals surface area contributed by atoms with Gasteiger partial charge < -0.3 is 4.48 Å². The quantitative estimate of drug-likeness (QED) is 0.313. The maximum absolute atomic E-state index is 2.24. The second-order valence-corrected chi connectivity index (χ2v) is 2.38. The van der Waals surface area contributed by atoms with E-state index in [1.807, 2.05) is 0 Å². The molecule has 0 aromatic heterocycles. The number of rotatable bonds is 0. The number of likely N-dealkylation sites (N-methyl/N-ethyl adjacent to an activating group) is 1. The number of hydrogen-bond acceptors (Lipinski definition) is 0. The van der Waals surface area contributed by atoms with E-state index in [1.54, 1.807) is 0 Å². The van der Waals surface area contributed by atoms with Crippen LogP contribution >= 0.6 is 12.4 Å². The van der Waals surface area contributed by atoms with Gasteiger partial charge in [0.25, 0.3) is 0 Å². The van der Waals surface area contributed by atoms with Crippen LogP contribution in [0.3, 0.4) is 0 Å². The van der Waals surface area contributed by atoms with Gasteiger partial charge in [0.05, 0.1) is 14.1 Å². The summed E-state index contributed by atoms with van der Waals surface area (Å²) in [6.45, 7) is 2.78. The molecule has 2 heteroatoms. The lowest BCUT2D eigenvalue weighted by molar-refractivity contribution is -0.753. The molecule has 0 amide bonds. The van der Waals surface area contributed by atoms with Gasteiger partial charge in [-0.05, 0) is 0 Å². The summed E-state index contributed by atoms with van der Waals surface area (Å²) in [6.07, 6.45) is 0. The first kappa shape index (κ1) is 6.25. The van der Waals surface area contributed by atoms with E-state index in [1.165, 1.54) is 17.6 Å². The predicted molar refractivity (Wildman–Crippen MR) is 29.1 cm³/mol. The molecule has 0 saturated carbocycles. The van der Waals surface area contributed by atoms with Crippen molar-refractivity contribution in [1.82, 2.24) is 0 Å². The van der Waals surface area contributed by atoms with Crippen molar-refractivity contribution in [2.24, 2.45) is 0 Å². The Kier molecular flexibility index (Phi) is 1.45. The van der Waals surface area contributed by atoms with Gasteiger partial charge in [-0.25, -0.2) is 0 Å². The monoisotopic (exact) mass is 108 g/mol. The van der Waals surface area contributed by atoms with Crippen molar-refractivity contribution >= 4 is 12.4 Å². The van der Waals surface area contributed by atoms with E-state index in [4.69, 9.17) is 0 Å². The third-order valence-electron chi connectivity index (χ3n) is 1.12. The Labute approximate surface area is 45.0 Å². The molecular formula is C4H11ClN+. The van der Waals surface area contributed by atoms with Gasteiger partial charge in [0.1, 0.15) is 13.1 Å². The molecule has 0 aromatic rings. The topological polar surface area (TPSA) is 0 Å². The van der Waals surface area contributed by atoms with Crippen molar-refractivity contribution in [1.29, 1.82) is 0 Å². The molecule has 1 fully saturated rings. The second kappa shape index (κ2) is 1.39.